The van der Waals surface area contributed by atoms with E-state index in [9.17, 15) is 0 Å². The SMILES string of the molecule is Cc1cc(NCc2cc(-c3ccccc3)on2)nc(-c2ccncc2)n1. The van der Waals surface area contributed by atoms with Gasteiger partial charge in [-0.05, 0) is 19.1 Å². The van der Waals surface area contributed by atoms with Crippen molar-refractivity contribution in [3.05, 3.63) is 78.4 Å². The molecule has 0 atom stereocenters. The maximum atomic E-state index is 5.43. The molecule has 0 saturated heterocycles. The summed E-state index contributed by atoms with van der Waals surface area (Å²) in [6, 6.07) is 17.5. The van der Waals surface area contributed by atoms with Gasteiger partial charge in [-0.2, -0.15) is 0 Å². The third-order valence-electron chi connectivity index (χ3n) is 3.86. The van der Waals surface area contributed by atoms with Crippen LogP contribution in [0.5, 0.6) is 0 Å². The lowest BCUT2D eigenvalue weighted by molar-refractivity contribution is 0.424. The Morgan fingerprint density at radius 2 is 1.73 bits per heavy atom. The fourth-order valence-corrected chi connectivity index (χ4v) is 2.60. The Bertz CT molecular complexity index is 999. The highest BCUT2D eigenvalue weighted by Crippen LogP contribution is 2.21. The first kappa shape index (κ1) is 16.0. The Kier molecular flexibility index (Phi) is 4.38. The average molecular weight is 343 g/mol. The molecular weight excluding hydrogens is 326 g/mol. The molecule has 3 aromatic heterocycles. The van der Waals surface area contributed by atoms with Gasteiger partial charge in [-0.3, -0.25) is 4.98 Å². The number of rotatable bonds is 5. The van der Waals surface area contributed by atoms with E-state index in [2.05, 4.69) is 25.4 Å². The van der Waals surface area contributed by atoms with Crippen LogP contribution in [-0.4, -0.2) is 20.1 Å². The zero-order valence-corrected chi connectivity index (χ0v) is 14.3. The molecule has 0 spiro atoms. The van der Waals surface area contributed by atoms with E-state index in [0.717, 1.165) is 34.1 Å². The summed E-state index contributed by atoms with van der Waals surface area (Å²) in [6.45, 7) is 2.46. The van der Waals surface area contributed by atoms with Crippen molar-refractivity contribution in [1.82, 2.24) is 20.1 Å². The highest BCUT2D eigenvalue weighted by atomic mass is 16.5. The van der Waals surface area contributed by atoms with Gasteiger partial charge in [0.25, 0.3) is 0 Å². The summed E-state index contributed by atoms with van der Waals surface area (Å²) in [5.74, 6) is 2.16. The fraction of sp³-hybridized carbons (Fsp3) is 0.100. The molecule has 0 aliphatic heterocycles. The third-order valence-corrected chi connectivity index (χ3v) is 3.86. The van der Waals surface area contributed by atoms with Crippen LogP contribution in [0.1, 0.15) is 11.4 Å². The summed E-state index contributed by atoms with van der Waals surface area (Å²) in [7, 11) is 0. The summed E-state index contributed by atoms with van der Waals surface area (Å²) >= 11 is 0. The number of pyridine rings is 1. The van der Waals surface area contributed by atoms with E-state index in [1.807, 2.05) is 61.5 Å². The molecule has 4 rings (SSSR count). The van der Waals surface area contributed by atoms with Crippen molar-refractivity contribution in [3.63, 3.8) is 0 Å². The molecular formula is C20H17N5O. The molecule has 0 aliphatic rings. The van der Waals surface area contributed by atoms with Gasteiger partial charge < -0.3 is 9.84 Å². The van der Waals surface area contributed by atoms with Gasteiger partial charge in [0.1, 0.15) is 11.5 Å². The molecule has 6 nitrogen and oxygen atoms in total. The van der Waals surface area contributed by atoms with Gasteiger partial charge in [0.2, 0.25) is 0 Å². The zero-order valence-electron chi connectivity index (χ0n) is 14.3. The highest BCUT2D eigenvalue weighted by molar-refractivity contribution is 5.58. The van der Waals surface area contributed by atoms with Crippen molar-refractivity contribution in [3.8, 4) is 22.7 Å². The molecule has 1 aromatic carbocycles. The summed E-state index contributed by atoms with van der Waals surface area (Å²) in [6.07, 6.45) is 3.46. The number of nitrogens with zero attached hydrogens (tertiary/aromatic N) is 4. The van der Waals surface area contributed by atoms with Crippen LogP contribution in [0.25, 0.3) is 22.7 Å². The smallest absolute Gasteiger partial charge is 0.167 e. The Morgan fingerprint density at radius 3 is 2.54 bits per heavy atom. The number of benzene rings is 1. The second kappa shape index (κ2) is 7.14. The van der Waals surface area contributed by atoms with E-state index < -0.39 is 0 Å². The van der Waals surface area contributed by atoms with Gasteiger partial charge in [0.15, 0.2) is 11.6 Å². The largest absolute Gasteiger partial charge is 0.364 e. The third kappa shape index (κ3) is 3.59. The Balaban J connectivity index is 1.50. The van der Waals surface area contributed by atoms with Gasteiger partial charge >= 0.3 is 0 Å². The molecule has 1 N–H and O–H groups in total. The first-order valence-electron chi connectivity index (χ1n) is 8.29. The van der Waals surface area contributed by atoms with Crippen LogP contribution in [-0.2, 0) is 6.54 Å². The van der Waals surface area contributed by atoms with Crippen LogP contribution < -0.4 is 5.32 Å². The second-order valence-corrected chi connectivity index (χ2v) is 5.86. The van der Waals surface area contributed by atoms with Crippen LogP contribution in [0.4, 0.5) is 5.82 Å². The van der Waals surface area contributed by atoms with Gasteiger partial charge in [0, 0.05) is 41.3 Å². The molecule has 0 saturated carbocycles. The van der Waals surface area contributed by atoms with Crippen molar-refractivity contribution in [2.24, 2.45) is 0 Å². The number of hydrogen-bond acceptors (Lipinski definition) is 6. The van der Waals surface area contributed by atoms with Crippen LogP contribution in [0, 0.1) is 6.92 Å². The molecule has 6 heteroatoms. The van der Waals surface area contributed by atoms with E-state index in [0.29, 0.717) is 12.4 Å². The number of aryl methyl sites for hydroxylation is 1. The summed E-state index contributed by atoms with van der Waals surface area (Å²) in [4.78, 5) is 13.1. The first-order chi connectivity index (χ1) is 12.8. The normalized spacial score (nSPS) is 10.7. The van der Waals surface area contributed by atoms with Crippen LogP contribution in [0.3, 0.4) is 0 Å². The number of aromatic nitrogens is 4. The molecule has 0 bridgehead atoms. The molecule has 4 aromatic rings. The fourth-order valence-electron chi connectivity index (χ4n) is 2.60. The van der Waals surface area contributed by atoms with Crippen molar-refractivity contribution < 1.29 is 4.52 Å². The number of anilines is 1. The van der Waals surface area contributed by atoms with Crippen LogP contribution in [0.2, 0.25) is 0 Å². The first-order valence-corrected chi connectivity index (χ1v) is 8.29. The maximum Gasteiger partial charge on any atom is 0.167 e. The predicted octanol–water partition coefficient (Wildman–Crippen LogP) is 4.11. The van der Waals surface area contributed by atoms with E-state index in [-0.39, 0.29) is 0 Å². The van der Waals surface area contributed by atoms with Crippen molar-refractivity contribution >= 4 is 5.82 Å². The van der Waals surface area contributed by atoms with E-state index in [1.165, 1.54) is 0 Å². The molecule has 0 radical (unpaired) electrons. The minimum Gasteiger partial charge on any atom is -0.364 e. The molecule has 0 amide bonds. The molecule has 128 valence electrons. The van der Waals surface area contributed by atoms with Gasteiger partial charge in [-0.1, -0.05) is 35.5 Å². The molecule has 0 aliphatic carbocycles. The molecule has 3 heterocycles. The van der Waals surface area contributed by atoms with Crippen molar-refractivity contribution in [2.45, 2.75) is 13.5 Å². The van der Waals surface area contributed by atoms with Crippen LogP contribution >= 0.6 is 0 Å². The van der Waals surface area contributed by atoms with E-state index >= 15 is 0 Å². The maximum absolute atomic E-state index is 5.43. The average Bonchev–Trinajstić information content (AvgIpc) is 3.16. The molecule has 26 heavy (non-hydrogen) atoms. The standard InChI is InChI=1S/C20H17N5O/c1-14-11-19(24-20(23-14)16-7-9-21-10-8-16)22-13-17-12-18(26-25-17)15-5-3-2-4-6-15/h2-12H,13H2,1H3,(H,22,23,24). The lowest BCUT2D eigenvalue weighted by Gasteiger charge is -2.07. The Morgan fingerprint density at radius 1 is 0.923 bits per heavy atom. The monoisotopic (exact) mass is 343 g/mol. The quantitative estimate of drug-likeness (QED) is 0.587. The van der Waals surface area contributed by atoms with Gasteiger partial charge in [-0.25, -0.2) is 9.97 Å². The lowest BCUT2D eigenvalue weighted by atomic mass is 10.2. The topological polar surface area (TPSA) is 76.7 Å². The number of nitrogens with one attached hydrogen (secondary N) is 1. The second-order valence-electron chi connectivity index (χ2n) is 5.86. The molecule has 0 unspecified atom stereocenters. The van der Waals surface area contributed by atoms with Gasteiger partial charge in [0.05, 0.1) is 6.54 Å². The zero-order chi connectivity index (χ0) is 17.8. The predicted molar refractivity (Wildman–Crippen MR) is 99.3 cm³/mol. The van der Waals surface area contributed by atoms with Crippen LogP contribution in [0.15, 0.2) is 71.5 Å². The van der Waals surface area contributed by atoms with Gasteiger partial charge in [-0.15, -0.1) is 0 Å². The van der Waals surface area contributed by atoms with Crippen molar-refractivity contribution in [1.29, 1.82) is 0 Å². The Hall–Kier alpha value is -3.54. The van der Waals surface area contributed by atoms with Crippen molar-refractivity contribution in [2.75, 3.05) is 5.32 Å². The minimum absolute atomic E-state index is 0.516. The Labute approximate surface area is 151 Å². The van der Waals surface area contributed by atoms with E-state index in [4.69, 9.17) is 4.52 Å². The summed E-state index contributed by atoms with van der Waals surface area (Å²) < 4.78 is 5.43. The van der Waals surface area contributed by atoms with E-state index in [1.54, 1.807) is 12.4 Å². The summed E-state index contributed by atoms with van der Waals surface area (Å²) in [5, 5.41) is 7.41. The summed E-state index contributed by atoms with van der Waals surface area (Å²) in [5.41, 5.74) is 3.63. The lowest BCUT2D eigenvalue weighted by Crippen LogP contribution is -2.04. The minimum atomic E-state index is 0.516. The highest BCUT2D eigenvalue weighted by Gasteiger charge is 2.08. The molecule has 0 fully saturated rings. The number of hydrogen-bond donors (Lipinski definition) is 1.